The predicted molar refractivity (Wildman–Crippen MR) is 77.7 cm³/mol. The van der Waals surface area contributed by atoms with Crippen molar-refractivity contribution in [1.29, 1.82) is 0 Å². The number of hydrogen-bond donors (Lipinski definition) is 2. The van der Waals surface area contributed by atoms with Crippen LogP contribution in [0.15, 0.2) is 53.1 Å². The predicted octanol–water partition coefficient (Wildman–Crippen LogP) is 1.78. The third kappa shape index (κ3) is 2.27. The summed E-state index contributed by atoms with van der Waals surface area (Å²) in [6, 6.07) is 11.6. The van der Waals surface area contributed by atoms with Gasteiger partial charge in [0.05, 0.1) is 18.9 Å². The number of carbonyl (C=O) groups is 2. The number of carbonyl (C=O) groups excluding carboxylic acids is 2. The molecule has 3 amide bonds. The first-order valence-corrected chi connectivity index (χ1v) is 6.93. The Balaban J connectivity index is 1.81. The van der Waals surface area contributed by atoms with Crippen LogP contribution in [0.4, 0.5) is 4.79 Å². The van der Waals surface area contributed by atoms with Gasteiger partial charge in [0.15, 0.2) is 5.54 Å². The molecule has 22 heavy (non-hydrogen) atoms. The van der Waals surface area contributed by atoms with Crippen molar-refractivity contribution < 1.29 is 19.1 Å². The van der Waals surface area contributed by atoms with Crippen molar-refractivity contribution in [3.8, 4) is 0 Å². The van der Waals surface area contributed by atoms with Gasteiger partial charge in [-0.25, -0.2) is 4.79 Å². The molecule has 0 aliphatic carbocycles. The van der Waals surface area contributed by atoms with E-state index in [2.05, 4.69) is 5.32 Å². The van der Waals surface area contributed by atoms with Crippen LogP contribution >= 0.6 is 0 Å². The van der Waals surface area contributed by atoms with Gasteiger partial charge in [-0.15, -0.1) is 0 Å². The molecule has 0 saturated carbocycles. The number of nitrogens with one attached hydrogen (secondary N) is 1. The van der Waals surface area contributed by atoms with Gasteiger partial charge in [0, 0.05) is 0 Å². The van der Waals surface area contributed by atoms with E-state index in [1.807, 2.05) is 6.07 Å². The molecule has 1 aromatic heterocycles. The number of amides is 3. The number of urea groups is 1. The average Bonchev–Trinajstić information content (AvgIpc) is 3.13. The number of hydrogen-bond acceptors (Lipinski definition) is 4. The van der Waals surface area contributed by atoms with E-state index in [-0.39, 0.29) is 6.54 Å². The van der Waals surface area contributed by atoms with Crippen molar-refractivity contribution in [2.24, 2.45) is 0 Å². The molecule has 1 saturated heterocycles. The van der Waals surface area contributed by atoms with Crippen LogP contribution in [0, 0.1) is 0 Å². The van der Waals surface area contributed by atoms with Gasteiger partial charge in [-0.05, 0) is 24.6 Å². The lowest BCUT2D eigenvalue weighted by Crippen LogP contribution is -2.41. The van der Waals surface area contributed by atoms with E-state index in [1.165, 1.54) is 6.26 Å². The zero-order chi connectivity index (χ0) is 15.7. The van der Waals surface area contributed by atoms with Crippen molar-refractivity contribution in [2.45, 2.75) is 18.6 Å². The summed E-state index contributed by atoms with van der Waals surface area (Å²) in [6.07, 6.45) is 0.511. The van der Waals surface area contributed by atoms with Crippen LogP contribution in [-0.2, 0) is 10.3 Å². The first kappa shape index (κ1) is 14.3. The van der Waals surface area contributed by atoms with Crippen molar-refractivity contribution in [3.63, 3.8) is 0 Å². The van der Waals surface area contributed by atoms with Crippen LogP contribution in [0.3, 0.4) is 0 Å². The topological polar surface area (TPSA) is 82.8 Å². The van der Waals surface area contributed by atoms with Gasteiger partial charge in [0.25, 0.3) is 5.91 Å². The molecule has 0 spiro atoms. The Hall–Kier alpha value is -2.60. The van der Waals surface area contributed by atoms with E-state index in [0.29, 0.717) is 11.3 Å². The normalized spacial score (nSPS) is 22.7. The number of furan rings is 1. The Bertz CT molecular complexity index is 683. The Kier molecular flexibility index (Phi) is 3.46. The van der Waals surface area contributed by atoms with Gasteiger partial charge >= 0.3 is 6.03 Å². The molecule has 0 radical (unpaired) electrons. The summed E-state index contributed by atoms with van der Waals surface area (Å²) in [6.45, 7) is 1.48. The minimum Gasteiger partial charge on any atom is -0.466 e. The highest BCUT2D eigenvalue weighted by Gasteiger charge is 2.51. The third-order valence-corrected chi connectivity index (χ3v) is 3.83. The number of aliphatic hydroxyl groups is 1. The second kappa shape index (κ2) is 5.31. The van der Waals surface area contributed by atoms with Gasteiger partial charge in [-0.1, -0.05) is 30.3 Å². The minimum absolute atomic E-state index is 0.106. The molecule has 3 rings (SSSR count). The van der Waals surface area contributed by atoms with Crippen LogP contribution in [0.1, 0.15) is 24.4 Å². The lowest BCUT2D eigenvalue weighted by molar-refractivity contribution is -0.132. The molecular formula is C16H16N2O4. The number of β-amino-alcohol motifs (C(OH)–C–C–N with tert-alkyl or cyclic N) is 1. The SMILES string of the molecule is CC1(c2ccco2)NC(=O)N(CC(O)c2ccccc2)C1=O. The van der Waals surface area contributed by atoms with Crippen LogP contribution < -0.4 is 5.32 Å². The number of aliphatic hydroxyl groups excluding tert-OH is 1. The van der Waals surface area contributed by atoms with Gasteiger partial charge < -0.3 is 14.8 Å². The van der Waals surface area contributed by atoms with Gasteiger partial charge in [0.2, 0.25) is 0 Å². The summed E-state index contributed by atoms with van der Waals surface area (Å²) in [7, 11) is 0. The van der Waals surface area contributed by atoms with Crippen LogP contribution in [-0.4, -0.2) is 28.5 Å². The monoisotopic (exact) mass is 300 g/mol. The largest absolute Gasteiger partial charge is 0.466 e. The fourth-order valence-corrected chi connectivity index (χ4v) is 2.55. The number of rotatable bonds is 4. The maximum atomic E-state index is 12.6. The second-order valence-corrected chi connectivity index (χ2v) is 5.37. The molecule has 1 aliphatic heterocycles. The molecule has 2 atom stereocenters. The quantitative estimate of drug-likeness (QED) is 0.843. The molecule has 2 unspecified atom stereocenters. The average molecular weight is 300 g/mol. The summed E-state index contributed by atoms with van der Waals surface area (Å²) in [5.74, 6) is -0.0787. The van der Waals surface area contributed by atoms with Crippen LogP contribution in [0.5, 0.6) is 0 Å². The summed E-state index contributed by atoms with van der Waals surface area (Å²) in [5.41, 5.74) is -0.591. The van der Waals surface area contributed by atoms with E-state index in [9.17, 15) is 14.7 Å². The van der Waals surface area contributed by atoms with Crippen LogP contribution in [0.25, 0.3) is 0 Å². The summed E-state index contributed by atoms with van der Waals surface area (Å²) < 4.78 is 5.25. The highest BCUT2D eigenvalue weighted by Crippen LogP contribution is 2.30. The Morgan fingerprint density at radius 3 is 2.59 bits per heavy atom. The summed E-state index contributed by atoms with van der Waals surface area (Å²) in [5, 5.41) is 12.8. The zero-order valence-corrected chi connectivity index (χ0v) is 12.0. The van der Waals surface area contributed by atoms with E-state index in [0.717, 1.165) is 4.90 Å². The van der Waals surface area contributed by atoms with Gasteiger partial charge in [0.1, 0.15) is 5.76 Å². The van der Waals surface area contributed by atoms with E-state index >= 15 is 0 Å². The van der Waals surface area contributed by atoms with Crippen molar-refractivity contribution in [3.05, 3.63) is 60.1 Å². The molecule has 2 heterocycles. The molecule has 114 valence electrons. The molecule has 6 heteroatoms. The molecular weight excluding hydrogens is 284 g/mol. The van der Waals surface area contributed by atoms with E-state index < -0.39 is 23.6 Å². The van der Waals surface area contributed by atoms with E-state index in [1.54, 1.807) is 43.3 Å². The number of benzene rings is 1. The fourth-order valence-electron chi connectivity index (χ4n) is 2.55. The van der Waals surface area contributed by atoms with Crippen molar-refractivity contribution in [1.82, 2.24) is 10.2 Å². The Labute approximate surface area is 127 Å². The Morgan fingerprint density at radius 1 is 1.23 bits per heavy atom. The highest BCUT2D eigenvalue weighted by molar-refractivity contribution is 6.06. The van der Waals surface area contributed by atoms with Gasteiger partial charge in [-0.2, -0.15) is 0 Å². The highest BCUT2D eigenvalue weighted by atomic mass is 16.3. The maximum Gasteiger partial charge on any atom is 0.325 e. The van der Waals surface area contributed by atoms with Crippen molar-refractivity contribution in [2.75, 3.05) is 6.54 Å². The van der Waals surface area contributed by atoms with Crippen molar-refractivity contribution >= 4 is 11.9 Å². The minimum atomic E-state index is -1.24. The first-order chi connectivity index (χ1) is 10.5. The van der Waals surface area contributed by atoms with Gasteiger partial charge in [-0.3, -0.25) is 9.69 Å². The Morgan fingerprint density at radius 2 is 1.95 bits per heavy atom. The third-order valence-electron chi connectivity index (χ3n) is 3.83. The second-order valence-electron chi connectivity index (χ2n) is 5.37. The summed E-state index contributed by atoms with van der Waals surface area (Å²) >= 11 is 0. The van der Waals surface area contributed by atoms with Crippen LogP contribution in [0.2, 0.25) is 0 Å². The molecule has 2 N–H and O–H groups in total. The standard InChI is InChI=1S/C16H16N2O4/c1-16(13-8-5-9-22-13)14(20)18(15(21)17-16)10-12(19)11-6-3-2-4-7-11/h2-9,12,19H,10H2,1H3,(H,17,21). The maximum absolute atomic E-state index is 12.6. The first-order valence-electron chi connectivity index (χ1n) is 6.93. The number of imide groups is 1. The van der Waals surface area contributed by atoms with E-state index in [4.69, 9.17) is 4.42 Å². The molecule has 1 fully saturated rings. The molecule has 2 aromatic rings. The molecule has 1 aliphatic rings. The molecule has 6 nitrogen and oxygen atoms in total. The zero-order valence-electron chi connectivity index (χ0n) is 12.0. The number of nitrogens with zero attached hydrogens (tertiary/aromatic N) is 1. The molecule has 1 aromatic carbocycles. The lowest BCUT2D eigenvalue weighted by atomic mass is 9.99. The fraction of sp³-hybridized carbons (Fsp3) is 0.250. The smallest absolute Gasteiger partial charge is 0.325 e. The summed E-state index contributed by atoms with van der Waals surface area (Å²) in [4.78, 5) is 25.7. The molecule has 0 bridgehead atoms. The lowest BCUT2D eigenvalue weighted by Gasteiger charge is -2.20.